The largest absolute Gasteiger partial charge is 0.387 e. The van der Waals surface area contributed by atoms with Crippen LogP contribution < -0.4 is 0 Å². The van der Waals surface area contributed by atoms with Crippen molar-refractivity contribution in [1.82, 2.24) is 9.88 Å². The number of aliphatic hydroxyl groups is 1. The van der Waals surface area contributed by atoms with E-state index in [4.69, 9.17) is 0 Å². The van der Waals surface area contributed by atoms with Crippen LogP contribution >= 0.6 is 15.9 Å². The lowest BCUT2D eigenvalue weighted by Gasteiger charge is -2.32. The molecule has 25 heavy (non-hydrogen) atoms. The van der Waals surface area contributed by atoms with Gasteiger partial charge in [0, 0.05) is 10.7 Å². The van der Waals surface area contributed by atoms with Gasteiger partial charge in [-0.25, -0.2) is 0 Å². The molecule has 0 amide bonds. The molecule has 1 atom stereocenters. The fourth-order valence-corrected chi connectivity index (χ4v) is 4.05. The zero-order chi connectivity index (χ0) is 17.8. The van der Waals surface area contributed by atoms with E-state index in [1.807, 2.05) is 6.20 Å². The molecule has 4 heteroatoms. The quantitative estimate of drug-likeness (QED) is 0.808. The molecule has 1 saturated heterocycles. The molecular weight excluding hydrogens is 376 g/mol. The van der Waals surface area contributed by atoms with Crippen molar-refractivity contribution in [3.63, 3.8) is 0 Å². The summed E-state index contributed by atoms with van der Waals surface area (Å²) in [5.41, 5.74) is 4.64. The van der Waals surface area contributed by atoms with Gasteiger partial charge in [-0.3, -0.25) is 4.98 Å². The lowest BCUT2D eigenvalue weighted by molar-refractivity contribution is 0.0619. The summed E-state index contributed by atoms with van der Waals surface area (Å²) in [5, 5.41) is 10.9. The van der Waals surface area contributed by atoms with Crippen LogP contribution in [-0.2, 0) is 12.8 Å². The number of aliphatic hydroxyl groups excluding tert-OH is 1. The van der Waals surface area contributed by atoms with E-state index in [0.717, 1.165) is 54.5 Å². The highest BCUT2D eigenvalue weighted by molar-refractivity contribution is 9.10. The minimum absolute atomic E-state index is 0.308. The lowest BCUT2D eigenvalue weighted by Crippen LogP contribution is -2.33. The zero-order valence-corrected chi connectivity index (χ0v) is 16.7. The van der Waals surface area contributed by atoms with Gasteiger partial charge in [0.2, 0.25) is 0 Å². The van der Waals surface area contributed by atoms with Crippen molar-refractivity contribution < 1.29 is 5.11 Å². The lowest BCUT2D eigenvalue weighted by atomic mass is 9.87. The number of likely N-dealkylation sites (tertiary alicyclic amines) is 1. The van der Waals surface area contributed by atoms with Crippen molar-refractivity contribution >= 4 is 15.9 Å². The van der Waals surface area contributed by atoms with E-state index in [2.05, 4.69) is 70.1 Å². The average Bonchev–Trinajstić information content (AvgIpc) is 2.60. The first-order valence-corrected chi connectivity index (χ1v) is 9.88. The minimum Gasteiger partial charge on any atom is -0.387 e. The molecule has 1 fully saturated rings. The van der Waals surface area contributed by atoms with Crippen molar-refractivity contribution in [3.05, 3.63) is 63.4 Å². The highest BCUT2D eigenvalue weighted by Gasteiger charge is 2.27. The van der Waals surface area contributed by atoms with Gasteiger partial charge in [-0.1, -0.05) is 29.8 Å². The van der Waals surface area contributed by atoms with Gasteiger partial charge < -0.3 is 10.0 Å². The Morgan fingerprint density at radius 3 is 2.72 bits per heavy atom. The van der Waals surface area contributed by atoms with E-state index in [1.165, 1.54) is 11.1 Å². The average molecular weight is 403 g/mol. The van der Waals surface area contributed by atoms with Gasteiger partial charge >= 0.3 is 0 Å². The third-order valence-corrected chi connectivity index (χ3v) is 5.66. The number of nitrogens with zero attached hydrogens (tertiary/aromatic N) is 2. The van der Waals surface area contributed by atoms with E-state index in [-0.39, 0.29) is 0 Å². The molecule has 3 rings (SSSR count). The number of pyridine rings is 1. The fourth-order valence-electron chi connectivity index (χ4n) is 3.67. The number of piperidine rings is 1. The maximum absolute atomic E-state index is 10.9. The summed E-state index contributed by atoms with van der Waals surface area (Å²) in [4.78, 5) is 6.92. The molecule has 1 aromatic heterocycles. The molecule has 134 valence electrons. The molecule has 2 heterocycles. The smallest absolute Gasteiger partial charge is 0.0991 e. The van der Waals surface area contributed by atoms with Crippen molar-refractivity contribution in [2.24, 2.45) is 5.92 Å². The van der Waals surface area contributed by atoms with Gasteiger partial charge in [0.1, 0.15) is 0 Å². The number of hydrogen-bond acceptors (Lipinski definition) is 3. The third kappa shape index (κ3) is 4.90. The van der Waals surface area contributed by atoms with Crippen LogP contribution in [0.5, 0.6) is 0 Å². The van der Waals surface area contributed by atoms with E-state index in [9.17, 15) is 5.11 Å². The van der Waals surface area contributed by atoms with Crippen LogP contribution in [0.1, 0.15) is 41.3 Å². The Kier molecular flexibility index (Phi) is 6.26. The van der Waals surface area contributed by atoms with Gasteiger partial charge in [-0.2, -0.15) is 0 Å². The molecule has 1 aromatic carbocycles. The Morgan fingerprint density at radius 1 is 1.24 bits per heavy atom. The molecular formula is C21H27BrN2O. The van der Waals surface area contributed by atoms with Crippen LogP contribution in [0.4, 0.5) is 0 Å². The second-order valence-corrected chi connectivity index (χ2v) is 8.19. The van der Waals surface area contributed by atoms with Crippen molar-refractivity contribution in [2.75, 3.05) is 20.1 Å². The Labute approximate surface area is 159 Å². The van der Waals surface area contributed by atoms with E-state index >= 15 is 0 Å². The van der Waals surface area contributed by atoms with Crippen LogP contribution in [-0.4, -0.2) is 35.1 Å². The van der Waals surface area contributed by atoms with Crippen molar-refractivity contribution in [3.8, 4) is 0 Å². The van der Waals surface area contributed by atoms with Crippen molar-refractivity contribution in [1.29, 1.82) is 0 Å². The number of halogens is 1. The monoisotopic (exact) mass is 402 g/mol. The first-order valence-electron chi connectivity index (χ1n) is 9.09. The molecule has 3 nitrogen and oxygen atoms in total. The number of rotatable bonds is 5. The standard InChI is InChI=1S/C21H27BrN2O/c1-15-4-3-5-16(12-15)6-7-18-13-19(22)14-23-20(18)21(25)17-8-10-24(2)11-9-17/h3-5,12-14,17,21,25H,6-11H2,1-2H3. The van der Waals surface area contributed by atoms with Gasteiger partial charge in [0.25, 0.3) is 0 Å². The molecule has 0 spiro atoms. The summed E-state index contributed by atoms with van der Waals surface area (Å²) in [5.74, 6) is 0.308. The molecule has 2 aromatic rings. The van der Waals surface area contributed by atoms with Gasteiger partial charge in [-0.15, -0.1) is 0 Å². The maximum atomic E-state index is 10.9. The molecule has 0 bridgehead atoms. The minimum atomic E-state index is -0.464. The number of benzene rings is 1. The molecule has 0 saturated carbocycles. The predicted molar refractivity (Wildman–Crippen MR) is 106 cm³/mol. The topological polar surface area (TPSA) is 36.4 Å². The molecule has 0 aliphatic carbocycles. The van der Waals surface area contributed by atoms with E-state index in [0.29, 0.717) is 5.92 Å². The Morgan fingerprint density at radius 2 is 2.00 bits per heavy atom. The normalized spacial score (nSPS) is 17.6. The van der Waals surface area contributed by atoms with Crippen molar-refractivity contribution in [2.45, 2.75) is 38.7 Å². The SMILES string of the molecule is Cc1cccc(CCc2cc(Br)cnc2C(O)C2CCN(C)CC2)c1. The second kappa shape index (κ2) is 8.43. The Bertz CT molecular complexity index is 711. The van der Waals surface area contributed by atoms with Crippen LogP contribution in [0.2, 0.25) is 0 Å². The van der Waals surface area contributed by atoms with Gasteiger partial charge in [0.15, 0.2) is 0 Å². The summed E-state index contributed by atoms with van der Waals surface area (Å²) in [6.45, 7) is 4.23. The van der Waals surface area contributed by atoms with Gasteiger partial charge in [-0.05, 0) is 91.8 Å². The second-order valence-electron chi connectivity index (χ2n) is 7.27. The predicted octanol–water partition coefficient (Wildman–Crippen LogP) is 4.31. The van der Waals surface area contributed by atoms with Gasteiger partial charge in [0.05, 0.1) is 11.8 Å². The summed E-state index contributed by atoms with van der Waals surface area (Å²) >= 11 is 3.54. The summed E-state index contributed by atoms with van der Waals surface area (Å²) in [6, 6.07) is 10.8. The van der Waals surface area contributed by atoms with Crippen LogP contribution in [0.25, 0.3) is 0 Å². The molecule has 0 radical (unpaired) electrons. The zero-order valence-electron chi connectivity index (χ0n) is 15.1. The number of hydrogen-bond donors (Lipinski definition) is 1. The highest BCUT2D eigenvalue weighted by Crippen LogP contribution is 2.32. The fraction of sp³-hybridized carbons (Fsp3) is 0.476. The first-order chi connectivity index (χ1) is 12.0. The Hall–Kier alpha value is -1.23. The molecule has 1 aliphatic rings. The molecule has 1 unspecified atom stereocenters. The first kappa shape index (κ1) is 18.6. The van der Waals surface area contributed by atoms with E-state index < -0.39 is 6.10 Å². The molecule has 1 N–H and O–H groups in total. The summed E-state index contributed by atoms with van der Waals surface area (Å²) < 4.78 is 0.978. The molecule has 1 aliphatic heterocycles. The summed E-state index contributed by atoms with van der Waals surface area (Å²) in [6.07, 6.45) is 5.28. The maximum Gasteiger partial charge on any atom is 0.0991 e. The van der Waals surface area contributed by atoms with E-state index in [1.54, 1.807) is 0 Å². The van der Waals surface area contributed by atoms with Crippen LogP contribution in [0, 0.1) is 12.8 Å². The van der Waals surface area contributed by atoms with Crippen LogP contribution in [0.15, 0.2) is 41.0 Å². The van der Waals surface area contributed by atoms with Crippen LogP contribution in [0.3, 0.4) is 0 Å². The Balaban J connectivity index is 1.75. The number of aryl methyl sites for hydroxylation is 3. The summed E-state index contributed by atoms with van der Waals surface area (Å²) in [7, 11) is 2.15. The third-order valence-electron chi connectivity index (χ3n) is 5.22. The highest BCUT2D eigenvalue weighted by atomic mass is 79.9. The number of aromatic nitrogens is 1.